The van der Waals surface area contributed by atoms with Gasteiger partial charge in [-0.1, -0.05) is 12.1 Å². The van der Waals surface area contributed by atoms with E-state index in [-0.39, 0.29) is 23.8 Å². The summed E-state index contributed by atoms with van der Waals surface area (Å²) >= 11 is 0. The van der Waals surface area contributed by atoms with E-state index in [0.717, 1.165) is 12.1 Å². The Bertz CT molecular complexity index is 1150. The highest BCUT2D eigenvalue weighted by Crippen LogP contribution is 2.25. The van der Waals surface area contributed by atoms with Crippen LogP contribution in [0.25, 0.3) is 0 Å². The molecule has 1 aliphatic carbocycles. The second-order valence-corrected chi connectivity index (χ2v) is 9.43. The Morgan fingerprint density at radius 3 is 2.24 bits per heavy atom. The zero-order valence-electron chi connectivity index (χ0n) is 15.4. The second-order valence-electron chi connectivity index (χ2n) is 6.09. The fourth-order valence-electron chi connectivity index (χ4n) is 2.29. The highest BCUT2D eigenvalue weighted by Gasteiger charge is 2.32. The van der Waals surface area contributed by atoms with Crippen molar-refractivity contribution in [1.29, 1.82) is 0 Å². The summed E-state index contributed by atoms with van der Waals surface area (Å²) in [7, 11) is -7.27. The average Bonchev–Trinajstić information content (AvgIpc) is 3.44. The van der Waals surface area contributed by atoms with Gasteiger partial charge in [-0.15, -0.1) is 0 Å². The molecule has 0 unspecified atom stereocenters. The summed E-state index contributed by atoms with van der Waals surface area (Å²) in [5.74, 6) is -0.00375. The quantitative estimate of drug-likeness (QED) is 0.540. The van der Waals surface area contributed by atoms with E-state index >= 15 is 0 Å². The van der Waals surface area contributed by atoms with Crippen molar-refractivity contribution in [2.75, 3.05) is 12.4 Å². The molecule has 2 amide bonds. The lowest BCUT2D eigenvalue weighted by Crippen LogP contribution is -2.36. The number of hydrogen-bond acceptors (Lipinski definition) is 9. The number of methoxy groups -OCH3 is 1. The highest BCUT2D eigenvalue weighted by atomic mass is 32.2. The number of anilines is 1. The van der Waals surface area contributed by atoms with Crippen LogP contribution in [0, 0.1) is 6.92 Å². The first kappa shape index (κ1) is 20.9. The standard InChI is InChI=1S/C15H18N6O6S2/c1-9-16-13(19-15(17-9)27-2)18-14(22)21-29(25,26)12-6-4-3-5-11(12)28(23,24)20-10-7-8-10/h3-6,10,20H,7-8H2,1-2H3,(H2,16,17,18,19,21,22). The van der Waals surface area contributed by atoms with Gasteiger partial charge in [-0.05, 0) is 31.9 Å². The Hall–Kier alpha value is -2.84. The number of aromatic nitrogens is 3. The second kappa shape index (κ2) is 7.88. The fourth-order valence-corrected chi connectivity index (χ4v) is 5.33. The molecule has 14 heteroatoms. The largest absolute Gasteiger partial charge is 0.467 e. The number of nitrogens with zero attached hydrogens (tertiary/aromatic N) is 3. The number of carbonyl (C=O) groups is 1. The normalized spacial score (nSPS) is 14.3. The van der Waals surface area contributed by atoms with Crippen LogP contribution in [-0.4, -0.2) is 51.0 Å². The molecule has 1 fully saturated rings. The molecule has 3 rings (SSSR count). The van der Waals surface area contributed by atoms with Gasteiger partial charge >= 0.3 is 12.0 Å². The lowest BCUT2D eigenvalue weighted by molar-refractivity contribution is 0.256. The smallest absolute Gasteiger partial charge is 0.335 e. The van der Waals surface area contributed by atoms with Gasteiger partial charge in [0.15, 0.2) is 0 Å². The summed E-state index contributed by atoms with van der Waals surface area (Å²) in [6.45, 7) is 1.53. The molecule has 0 aliphatic heterocycles. The van der Waals surface area contributed by atoms with Crippen LogP contribution < -0.4 is 19.5 Å². The molecule has 1 aromatic carbocycles. The topological polar surface area (TPSA) is 169 Å². The summed E-state index contributed by atoms with van der Waals surface area (Å²) in [6.07, 6.45) is 1.37. The maximum absolute atomic E-state index is 12.6. The summed E-state index contributed by atoms with van der Waals surface area (Å²) < 4.78 is 59.3. The number of carbonyl (C=O) groups excluding carboxylic acids is 1. The average molecular weight is 442 g/mol. The number of ether oxygens (including phenoxy) is 1. The fraction of sp³-hybridized carbons (Fsp3) is 0.333. The van der Waals surface area contributed by atoms with E-state index in [1.807, 2.05) is 0 Å². The molecule has 0 bridgehead atoms. The molecule has 156 valence electrons. The van der Waals surface area contributed by atoms with E-state index in [1.54, 1.807) is 4.72 Å². The molecule has 1 aliphatic rings. The number of nitrogens with one attached hydrogen (secondary N) is 3. The van der Waals surface area contributed by atoms with Crippen molar-refractivity contribution in [2.24, 2.45) is 0 Å². The van der Waals surface area contributed by atoms with Gasteiger partial charge in [-0.2, -0.15) is 15.0 Å². The molecule has 0 atom stereocenters. The van der Waals surface area contributed by atoms with E-state index in [4.69, 9.17) is 4.74 Å². The number of sulfonamides is 2. The van der Waals surface area contributed by atoms with Gasteiger partial charge in [0.2, 0.25) is 16.0 Å². The monoisotopic (exact) mass is 442 g/mol. The number of urea groups is 1. The molecule has 3 N–H and O–H groups in total. The first-order valence-corrected chi connectivity index (χ1v) is 11.3. The highest BCUT2D eigenvalue weighted by molar-refractivity contribution is 7.93. The summed E-state index contributed by atoms with van der Waals surface area (Å²) in [6, 6.07) is 3.51. The molecule has 2 aromatic rings. The van der Waals surface area contributed by atoms with Gasteiger partial charge in [0, 0.05) is 6.04 Å². The van der Waals surface area contributed by atoms with Gasteiger partial charge in [0.1, 0.15) is 15.6 Å². The van der Waals surface area contributed by atoms with Crippen LogP contribution >= 0.6 is 0 Å². The lowest BCUT2D eigenvalue weighted by Gasteiger charge is -2.13. The first-order chi connectivity index (χ1) is 13.6. The molecule has 0 saturated heterocycles. The zero-order chi connectivity index (χ0) is 21.2. The minimum Gasteiger partial charge on any atom is -0.467 e. The lowest BCUT2D eigenvalue weighted by atomic mass is 10.4. The summed E-state index contributed by atoms with van der Waals surface area (Å²) in [5, 5.41) is 2.15. The summed E-state index contributed by atoms with van der Waals surface area (Å²) in [4.78, 5) is 22.6. The molecule has 1 saturated carbocycles. The van der Waals surface area contributed by atoms with Crippen LogP contribution in [0.4, 0.5) is 10.7 Å². The Labute approximate surface area is 167 Å². The van der Waals surface area contributed by atoms with Gasteiger partial charge in [0.25, 0.3) is 10.0 Å². The Kier molecular flexibility index (Phi) is 5.68. The minimum atomic E-state index is -4.52. The maximum Gasteiger partial charge on any atom is 0.335 e. The van der Waals surface area contributed by atoms with Crippen LogP contribution in [0.5, 0.6) is 6.01 Å². The van der Waals surface area contributed by atoms with E-state index in [2.05, 4.69) is 25.0 Å². The van der Waals surface area contributed by atoms with Crippen molar-refractivity contribution in [3.05, 3.63) is 30.1 Å². The van der Waals surface area contributed by atoms with E-state index < -0.39 is 35.9 Å². The van der Waals surface area contributed by atoms with Crippen molar-refractivity contribution >= 4 is 32.0 Å². The van der Waals surface area contributed by atoms with Crippen molar-refractivity contribution < 1.29 is 26.4 Å². The zero-order valence-corrected chi connectivity index (χ0v) is 17.0. The van der Waals surface area contributed by atoms with Crippen molar-refractivity contribution in [1.82, 2.24) is 24.4 Å². The third kappa shape index (κ3) is 5.16. The van der Waals surface area contributed by atoms with Gasteiger partial charge in [-0.3, -0.25) is 5.32 Å². The number of hydrogen-bond donors (Lipinski definition) is 3. The predicted octanol–water partition coefficient (Wildman–Crippen LogP) is 0.140. The van der Waals surface area contributed by atoms with Crippen LogP contribution in [-0.2, 0) is 20.0 Å². The Balaban J connectivity index is 1.83. The number of benzene rings is 1. The predicted molar refractivity (Wildman–Crippen MR) is 100 cm³/mol. The van der Waals surface area contributed by atoms with Gasteiger partial charge in [-0.25, -0.2) is 31.1 Å². The van der Waals surface area contributed by atoms with Crippen molar-refractivity contribution in [2.45, 2.75) is 35.6 Å². The number of amides is 2. The molecular weight excluding hydrogens is 424 g/mol. The third-order valence-corrected chi connectivity index (χ3v) is 6.79. The van der Waals surface area contributed by atoms with Crippen molar-refractivity contribution in [3.63, 3.8) is 0 Å². The van der Waals surface area contributed by atoms with Crippen LogP contribution in [0.1, 0.15) is 18.7 Å². The summed E-state index contributed by atoms with van der Waals surface area (Å²) in [5.41, 5.74) is 0. The van der Waals surface area contributed by atoms with E-state index in [0.29, 0.717) is 12.8 Å². The number of rotatable bonds is 7. The van der Waals surface area contributed by atoms with Crippen LogP contribution in [0.15, 0.2) is 34.1 Å². The first-order valence-electron chi connectivity index (χ1n) is 8.32. The molecular formula is C15H18N6O6S2. The van der Waals surface area contributed by atoms with E-state index in [1.165, 1.54) is 26.2 Å². The molecule has 0 spiro atoms. The van der Waals surface area contributed by atoms with Gasteiger partial charge in [0.05, 0.1) is 7.11 Å². The molecule has 1 aromatic heterocycles. The van der Waals surface area contributed by atoms with E-state index in [9.17, 15) is 21.6 Å². The van der Waals surface area contributed by atoms with Gasteiger partial charge < -0.3 is 4.74 Å². The Morgan fingerprint density at radius 2 is 1.66 bits per heavy atom. The van der Waals surface area contributed by atoms with Crippen molar-refractivity contribution in [3.8, 4) is 6.01 Å². The minimum absolute atomic E-state index is 0.0711. The van der Waals surface area contributed by atoms with Crippen LogP contribution in [0.2, 0.25) is 0 Å². The maximum atomic E-state index is 12.6. The molecule has 1 heterocycles. The molecule has 12 nitrogen and oxygen atoms in total. The SMILES string of the molecule is COc1nc(C)nc(NC(=O)NS(=O)(=O)c2ccccc2S(=O)(=O)NC2CC2)n1. The Morgan fingerprint density at radius 1 is 1.03 bits per heavy atom. The van der Waals surface area contributed by atoms with Crippen LogP contribution in [0.3, 0.4) is 0 Å². The third-order valence-electron chi connectivity index (χ3n) is 3.69. The number of aryl methyl sites for hydroxylation is 1. The molecule has 29 heavy (non-hydrogen) atoms. The molecule has 0 radical (unpaired) electrons.